The van der Waals surface area contributed by atoms with E-state index in [4.69, 9.17) is 4.98 Å². The zero-order chi connectivity index (χ0) is 18.1. The van der Waals surface area contributed by atoms with E-state index in [9.17, 15) is 9.59 Å². The predicted octanol–water partition coefficient (Wildman–Crippen LogP) is 1.46. The van der Waals surface area contributed by atoms with E-state index in [1.807, 2.05) is 66.2 Å². The summed E-state index contributed by atoms with van der Waals surface area (Å²) in [6, 6.07) is 16.2. The Morgan fingerprint density at radius 1 is 1.19 bits per heavy atom. The predicted molar refractivity (Wildman–Crippen MR) is 97.5 cm³/mol. The molecule has 3 aromatic rings. The number of rotatable bonds is 4. The summed E-state index contributed by atoms with van der Waals surface area (Å²) in [7, 11) is 1.94. The molecule has 1 aromatic heterocycles. The summed E-state index contributed by atoms with van der Waals surface area (Å²) >= 11 is 0. The number of benzene rings is 2. The SMILES string of the molecule is Cn1c(C(NC(=O)C2CNC(=O)N2)c2ccccc2)nc2ccccc21. The molecule has 2 aromatic carbocycles. The van der Waals surface area contributed by atoms with Crippen molar-refractivity contribution in [1.29, 1.82) is 0 Å². The van der Waals surface area contributed by atoms with Crippen molar-refractivity contribution >= 4 is 23.0 Å². The Bertz CT molecular complexity index is 966. The van der Waals surface area contributed by atoms with Gasteiger partial charge in [0.15, 0.2) is 0 Å². The number of hydrogen-bond donors (Lipinski definition) is 3. The van der Waals surface area contributed by atoms with E-state index in [0.717, 1.165) is 22.4 Å². The molecule has 7 heteroatoms. The first-order valence-corrected chi connectivity index (χ1v) is 8.44. The summed E-state index contributed by atoms with van der Waals surface area (Å²) in [6.45, 7) is 0.273. The van der Waals surface area contributed by atoms with Crippen LogP contribution in [-0.4, -0.2) is 34.1 Å². The van der Waals surface area contributed by atoms with Gasteiger partial charge in [0, 0.05) is 13.6 Å². The number of carbonyl (C=O) groups is 2. The number of hydrogen-bond acceptors (Lipinski definition) is 3. The Balaban J connectivity index is 1.72. The molecular formula is C19H19N5O2. The first-order chi connectivity index (χ1) is 12.6. The highest BCUT2D eigenvalue weighted by molar-refractivity contribution is 5.90. The number of amides is 3. The van der Waals surface area contributed by atoms with Gasteiger partial charge in [-0.05, 0) is 17.7 Å². The molecule has 0 saturated carbocycles. The topological polar surface area (TPSA) is 88.0 Å². The molecule has 26 heavy (non-hydrogen) atoms. The molecule has 132 valence electrons. The number of nitrogens with zero attached hydrogens (tertiary/aromatic N) is 2. The van der Waals surface area contributed by atoms with E-state index in [1.165, 1.54) is 0 Å². The van der Waals surface area contributed by atoms with Crippen LogP contribution >= 0.6 is 0 Å². The Labute approximate surface area is 150 Å². The van der Waals surface area contributed by atoms with E-state index in [0.29, 0.717) is 0 Å². The summed E-state index contributed by atoms with van der Waals surface area (Å²) in [4.78, 5) is 28.7. The molecule has 2 atom stereocenters. The maximum absolute atomic E-state index is 12.7. The lowest BCUT2D eigenvalue weighted by Gasteiger charge is -2.21. The Morgan fingerprint density at radius 3 is 2.62 bits per heavy atom. The zero-order valence-electron chi connectivity index (χ0n) is 14.3. The average molecular weight is 349 g/mol. The number of carbonyl (C=O) groups excluding carboxylic acids is 2. The molecule has 1 saturated heterocycles. The highest BCUT2D eigenvalue weighted by atomic mass is 16.2. The summed E-state index contributed by atoms with van der Waals surface area (Å²) in [5, 5.41) is 8.26. The summed E-state index contributed by atoms with van der Waals surface area (Å²) in [5.74, 6) is 0.493. The minimum atomic E-state index is -0.594. The second kappa shape index (κ2) is 6.51. The third-order valence-electron chi connectivity index (χ3n) is 4.59. The van der Waals surface area contributed by atoms with E-state index >= 15 is 0 Å². The van der Waals surface area contributed by atoms with Crippen LogP contribution in [0.3, 0.4) is 0 Å². The molecule has 4 rings (SSSR count). The summed E-state index contributed by atoms with van der Waals surface area (Å²) in [6.07, 6.45) is 0. The fourth-order valence-corrected chi connectivity index (χ4v) is 3.22. The fourth-order valence-electron chi connectivity index (χ4n) is 3.22. The van der Waals surface area contributed by atoms with E-state index in [1.54, 1.807) is 0 Å². The molecule has 0 spiro atoms. The lowest BCUT2D eigenvalue weighted by Crippen LogP contribution is -2.45. The first-order valence-electron chi connectivity index (χ1n) is 8.44. The standard InChI is InChI=1S/C19H19N5O2/c1-24-15-10-6-5-9-13(15)21-17(24)16(12-7-3-2-4-8-12)23-18(25)14-11-20-19(26)22-14/h2-10,14,16H,11H2,1H3,(H,23,25)(H2,20,22,26). The Morgan fingerprint density at radius 2 is 1.92 bits per heavy atom. The van der Waals surface area contributed by atoms with Crippen LogP contribution in [0, 0.1) is 0 Å². The van der Waals surface area contributed by atoms with Crippen molar-refractivity contribution in [2.24, 2.45) is 7.05 Å². The molecule has 3 amide bonds. The van der Waals surface area contributed by atoms with Crippen LogP contribution in [0.15, 0.2) is 54.6 Å². The van der Waals surface area contributed by atoms with Crippen molar-refractivity contribution in [2.45, 2.75) is 12.1 Å². The van der Waals surface area contributed by atoms with Gasteiger partial charge in [-0.2, -0.15) is 0 Å². The normalized spacial score (nSPS) is 17.6. The van der Waals surface area contributed by atoms with Gasteiger partial charge in [-0.25, -0.2) is 9.78 Å². The van der Waals surface area contributed by atoms with Gasteiger partial charge in [0.25, 0.3) is 0 Å². The van der Waals surface area contributed by atoms with Crippen LogP contribution < -0.4 is 16.0 Å². The smallest absolute Gasteiger partial charge is 0.315 e. The van der Waals surface area contributed by atoms with Crippen molar-refractivity contribution < 1.29 is 9.59 Å². The van der Waals surface area contributed by atoms with Crippen LogP contribution in [-0.2, 0) is 11.8 Å². The van der Waals surface area contributed by atoms with Gasteiger partial charge in [-0.15, -0.1) is 0 Å². The minimum absolute atomic E-state index is 0.246. The molecule has 7 nitrogen and oxygen atoms in total. The summed E-state index contributed by atoms with van der Waals surface area (Å²) in [5.41, 5.74) is 2.79. The van der Waals surface area contributed by atoms with Crippen molar-refractivity contribution in [3.63, 3.8) is 0 Å². The van der Waals surface area contributed by atoms with Crippen molar-refractivity contribution in [2.75, 3.05) is 6.54 Å². The van der Waals surface area contributed by atoms with Crippen molar-refractivity contribution in [1.82, 2.24) is 25.5 Å². The van der Waals surface area contributed by atoms with Crippen LogP contribution in [0.4, 0.5) is 4.79 Å². The third kappa shape index (κ3) is 2.88. The second-order valence-corrected chi connectivity index (χ2v) is 6.28. The molecule has 0 radical (unpaired) electrons. The number of imidazole rings is 1. The number of aryl methyl sites for hydroxylation is 1. The highest BCUT2D eigenvalue weighted by Gasteiger charge is 2.30. The molecule has 0 bridgehead atoms. The first kappa shape index (κ1) is 16.1. The van der Waals surface area contributed by atoms with Gasteiger partial charge in [-0.3, -0.25) is 4.79 Å². The van der Waals surface area contributed by atoms with Gasteiger partial charge >= 0.3 is 6.03 Å². The monoisotopic (exact) mass is 349 g/mol. The third-order valence-corrected chi connectivity index (χ3v) is 4.59. The number of aromatic nitrogens is 2. The lowest BCUT2D eigenvalue weighted by atomic mass is 10.1. The van der Waals surface area contributed by atoms with Crippen LogP contribution in [0.5, 0.6) is 0 Å². The highest BCUT2D eigenvalue weighted by Crippen LogP contribution is 2.25. The Kier molecular flexibility index (Phi) is 4.04. The largest absolute Gasteiger partial charge is 0.340 e. The van der Waals surface area contributed by atoms with E-state index < -0.39 is 12.1 Å². The van der Waals surface area contributed by atoms with Crippen LogP contribution in [0.25, 0.3) is 11.0 Å². The number of fused-ring (bicyclic) bond motifs is 1. The van der Waals surface area contributed by atoms with Gasteiger partial charge in [0.1, 0.15) is 17.9 Å². The van der Waals surface area contributed by atoms with Crippen LogP contribution in [0.2, 0.25) is 0 Å². The second-order valence-electron chi connectivity index (χ2n) is 6.28. The number of para-hydroxylation sites is 2. The molecule has 1 aliphatic heterocycles. The zero-order valence-corrected chi connectivity index (χ0v) is 14.3. The van der Waals surface area contributed by atoms with E-state index in [-0.39, 0.29) is 18.5 Å². The number of nitrogens with one attached hydrogen (secondary N) is 3. The fraction of sp³-hybridized carbons (Fsp3) is 0.211. The van der Waals surface area contributed by atoms with Crippen molar-refractivity contribution in [3.8, 4) is 0 Å². The van der Waals surface area contributed by atoms with Crippen molar-refractivity contribution in [3.05, 3.63) is 66.0 Å². The van der Waals surface area contributed by atoms with Gasteiger partial charge < -0.3 is 20.5 Å². The molecule has 1 aliphatic rings. The molecule has 2 heterocycles. The summed E-state index contributed by atoms with van der Waals surface area (Å²) < 4.78 is 1.98. The molecule has 2 unspecified atom stereocenters. The molecule has 3 N–H and O–H groups in total. The molecule has 0 aliphatic carbocycles. The number of urea groups is 1. The molecule has 1 fully saturated rings. The van der Waals surface area contributed by atoms with Gasteiger partial charge in [0.05, 0.1) is 11.0 Å². The Hall–Kier alpha value is -3.35. The maximum atomic E-state index is 12.7. The quantitative estimate of drug-likeness (QED) is 0.666. The van der Waals surface area contributed by atoms with Crippen LogP contribution in [0.1, 0.15) is 17.4 Å². The van der Waals surface area contributed by atoms with E-state index in [2.05, 4.69) is 16.0 Å². The van der Waals surface area contributed by atoms with Gasteiger partial charge in [-0.1, -0.05) is 42.5 Å². The van der Waals surface area contributed by atoms with Gasteiger partial charge in [0.2, 0.25) is 5.91 Å². The maximum Gasteiger partial charge on any atom is 0.315 e. The minimum Gasteiger partial charge on any atom is -0.340 e. The molecular weight excluding hydrogens is 330 g/mol. The lowest BCUT2D eigenvalue weighted by molar-refractivity contribution is -0.123. The average Bonchev–Trinajstić information content (AvgIpc) is 3.24.